The quantitative estimate of drug-likeness (QED) is 0.859. The molecular weight excluding hydrogens is 330 g/mol. The van der Waals surface area contributed by atoms with Crippen LogP contribution in [0.4, 0.5) is 0 Å². The highest BCUT2D eigenvalue weighted by Crippen LogP contribution is 2.24. The Labute approximate surface area is 134 Å². The highest BCUT2D eigenvalue weighted by Gasteiger charge is 2.05. The van der Waals surface area contributed by atoms with E-state index in [2.05, 4.69) is 28.1 Å². The van der Waals surface area contributed by atoms with Gasteiger partial charge in [-0.15, -0.1) is 0 Å². The molecule has 2 aromatic carbocycles. The zero-order chi connectivity index (χ0) is 15.2. The van der Waals surface area contributed by atoms with E-state index in [9.17, 15) is 0 Å². The molecule has 0 aliphatic carbocycles. The number of hydrogen-bond donors (Lipinski definition) is 1. The lowest BCUT2D eigenvalue weighted by atomic mass is 10.1. The van der Waals surface area contributed by atoms with Crippen LogP contribution >= 0.6 is 15.9 Å². The molecule has 0 aliphatic heterocycles. The normalized spacial score (nSPS) is 12.0. The Morgan fingerprint density at radius 2 is 1.86 bits per heavy atom. The first-order valence-corrected chi connectivity index (χ1v) is 7.67. The number of ether oxygens (including phenoxy) is 2. The van der Waals surface area contributed by atoms with Crippen molar-refractivity contribution in [2.24, 2.45) is 5.73 Å². The van der Waals surface area contributed by atoms with Crippen molar-refractivity contribution in [2.75, 3.05) is 7.11 Å². The Kier molecular flexibility index (Phi) is 5.65. The van der Waals surface area contributed by atoms with E-state index in [0.29, 0.717) is 6.61 Å². The van der Waals surface area contributed by atoms with Gasteiger partial charge in [0.25, 0.3) is 0 Å². The van der Waals surface area contributed by atoms with Crippen LogP contribution in [0, 0.1) is 0 Å². The van der Waals surface area contributed by atoms with Crippen LogP contribution in [-0.2, 0) is 13.0 Å². The Hall–Kier alpha value is -1.52. The average Bonchev–Trinajstić information content (AvgIpc) is 2.46. The van der Waals surface area contributed by atoms with Crippen molar-refractivity contribution in [2.45, 2.75) is 26.0 Å². The molecule has 0 saturated carbocycles. The SMILES string of the molecule is COc1ccc(Br)cc1COc1ccc(CC(C)N)cc1. The second kappa shape index (κ2) is 7.48. The van der Waals surface area contributed by atoms with E-state index in [1.807, 2.05) is 37.3 Å². The summed E-state index contributed by atoms with van der Waals surface area (Å²) in [6.45, 7) is 2.47. The maximum absolute atomic E-state index is 5.82. The predicted octanol–water partition coefficient (Wildman–Crippen LogP) is 3.93. The Bertz CT molecular complexity index is 582. The molecule has 1 unspecified atom stereocenters. The summed E-state index contributed by atoms with van der Waals surface area (Å²) in [5, 5.41) is 0. The Balaban J connectivity index is 2.01. The average molecular weight is 350 g/mol. The lowest BCUT2D eigenvalue weighted by Gasteiger charge is -2.11. The summed E-state index contributed by atoms with van der Waals surface area (Å²) in [5.74, 6) is 1.66. The Morgan fingerprint density at radius 1 is 1.14 bits per heavy atom. The van der Waals surface area contributed by atoms with Crippen LogP contribution in [0.15, 0.2) is 46.9 Å². The smallest absolute Gasteiger partial charge is 0.125 e. The van der Waals surface area contributed by atoms with E-state index >= 15 is 0 Å². The van der Waals surface area contributed by atoms with Gasteiger partial charge in [-0.3, -0.25) is 0 Å². The second-order valence-electron chi connectivity index (χ2n) is 5.07. The van der Waals surface area contributed by atoms with Gasteiger partial charge in [-0.2, -0.15) is 0 Å². The molecule has 0 heterocycles. The van der Waals surface area contributed by atoms with E-state index in [-0.39, 0.29) is 6.04 Å². The molecule has 0 radical (unpaired) electrons. The molecule has 2 rings (SSSR count). The molecular formula is C17H20BrNO2. The zero-order valence-electron chi connectivity index (χ0n) is 12.3. The van der Waals surface area contributed by atoms with Crippen LogP contribution in [0.2, 0.25) is 0 Å². The molecule has 0 aliphatic rings. The lowest BCUT2D eigenvalue weighted by molar-refractivity contribution is 0.296. The standard InChI is InChI=1S/C17H20BrNO2/c1-12(19)9-13-3-6-16(7-4-13)21-11-14-10-15(18)5-8-17(14)20-2/h3-8,10,12H,9,11,19H2,1-2H3. The second-order valence-corrected chi connectivity index (χ2v) is 5.99. The number of hydrogen-bond acceptors (Lipinski definition) is 3. The van der Waals surface area contributed by atoms with Crippen molar-refractivity contribution in [3.8, 4) is 11.5 Å². The molecule has 0 fully saturated rings. The van der Waals surface area contributed by atoms with Crippen LogP contribution in [0.5, 0.6) is 11.5 Å². The minimum Gasteiger partial charge on any atom is -0.496 e. The molecule has 0 bridgehead atoms. The minimum atomic E-state index is 0.169. The number of methoxy groups -OCH3 is 1. The molecule has 21 heavy (non-hydrogen) atoms. The van der Waals surface area contributed by atoms with Gasteiger partial charge in [0, 0.05) is 16.1 Å². The van der Waals surface area contributed by atoms with Crippen LogP contribution < -0.4 is 15.2 Å². The summed E-state index contributed by atoms with van der Waals surface area (Å²) in [6, 6.07) is 14.1. The Morgan fingerprint density at radius 3 is 2.48 bits per heavy atom. The first kappa shape index (κ1) is 15.9. The third kappa shape index (κ3) is 4.76. The summed E-state index contributed by atoms with van der Waals surface area (Å²) >= 11 is 3.46. The number of nitrogens with two attached hydrogens (primary N) is 1. The van der Waals surface area contributed by atoms with Crippen molar-refractivity contribution in [1.29, 1.82) is 0 Å². The first-order chi connectivity index (χ1) is 10.1. The highest BCUT2D eigenvalue weighted by molar-refractivity contribution is 9.10. The molecule has 112 valence electrons. The molecule has 3 nitrogen and oxygen atoms in total. The molecule has 2 aromatic rings. The number of benzene rings is 2. The topological polar surface area (TPSA) is 44.5 Å². The molecule has 2 N–H and O–H groups in total. The summed E-state index contributed by atoms with van der Waals surface area (Å²) in [4.78, 5) is 0. The van der Waals surface area contributed by atoms with Gasteiger partial charge in [-0.25, -0.2) is 0 Å². The monoisotopic (exact) mass is 349 g/mol. The molecule has 0 spiro atoms. The van der Waals surface area contributed by atoms with Gasteiger partial charge in [0.15, 0.2) is 0 Å². The largest absolute Gasteiger partial charge is 0.496 e. The fourth-order valence-corrected chi connectivity index (χ4v) is 2.52. The van der Waals surface area contributed by atoms with Gasteiger partial charge in [-0.1, -0.05) is 28.1 Å². The fourth-order valence-electron chi connectivity index (χ4n) is 2.11. The molecule has 4 heteroatoms. The molecule has 0 aromatic heterocycles. The zero-order valence-corrected chi connectivity index (χ0v) is 13.9. The van der Waals surface area contributed by atoms with Gasteiger partial charge >= 0.3 is 0 Å². The van der Waals surface area contributed by atoms with Crippen molar-refractivity contribution in [1.82, 2.24) is 0 Å². The number of rotatable bonds is 6. The first-order valence-electron chi connectivity index (χ1n) is 6.88. The van der Waals surface area contributed by atoms with Gasteiger partial charge in [-0.05, 0) is 49.2 Å². The molecule has 0 amide bonds. The summed E-state index contributed by atoms with van der Waals surface area (Å²) in [7, 11) is 1.66. The maximum Gasteiger partial charge on any atom is 0.125 e. The summed E-state index contributed by atoms with van der Waals surface area (Å²) in [6.07, 6.45) is 0.875. The summed E-state index contributed by atoms with van der Waals surface area (Å²) < 4.78 is 12.2. The lowest BCUT2D eigenvalue weighted by Crippen LogP contribution is -2.17. The minimum absolute atomic E-state index is 0.169. The van der Waals surface area contributed by atoms with Crippen molar-refractivity contribution in [3.05, 3.63) is 58.1 Å². The van der Waals surface area contributed by atoms with Gasteiger partial charge < -0.3 is 15.2 Å². The molecule has 0 saturated heterocycles. The summed E-state index contributed by atoms with van der Waals surface area (Å²) in [5.41, 5.74) is 8.02. The third-order valence-corrected chi connectivity index (χ3v) is 3.61. The van der Waals surface area contributed by atoms with E-state index < -0.39 is 0 Å². The maximum atomic E-state index is 5.82. The highest BCUT2D eigenvalue weighted by atomic mass is 79.9. The van der Waals surface area contributed by atoms with E-state index in [1.165, 1.54) is 5.56 Å². The van der Waals surface area contributed by atoms with Crippen LogP contribution in [0.3, 0.4) is 0 Å². The van der Waals surface area contributed by atoms with Gasteiger partial charge in [0.2, 0.25) is 0 Å². The van der Waals surface area contributed by atoms with E-state index in [0.717, 1.165) is 28.0 Å². The fraction of sp³-hybridized carbons (Fsp3) is 0.294. The van der Waals surface area contributed by atoms with Crippen molar-refractivity contribution < 1.29 is 9.47 Å². The third-order valence-electron chi connectivity index (χ3n) is 3.12. The van der Waals surface area contributed by atoms with Crippen LogP contribution in [0.1, 0.15) is 18.1 Å². The molecule has 1 atom stereocenters. The van der Waals surface area contributed by atoms with Gasteiger partial charge in [0.05, 0.1) is 7.11 Å². The van der Waals surface area contributed by atoms with Crippen molar-refractivity contribution >= 4 is 15.9 Å². The van der Waals surface area contributed by atoms with Gasteiger partial charge in [0.1, 0.15) is 18.1 Å². The van der Waals surface area contributed by atoms with Crippen LogP contribution in [-0.4, -0.2) is 13.2 Å². The van der Waals surface area contributed by atoms with E-state index in [1.54, 1.807) is 7.11 Å². The predicted molar refractivity (Wildman–Crippen MR) is 88.8 cm³/mol. The van der Waals surface area contributed by atoms with Crippen LogP contribution in [0.25, 0.3) is 0 Å². The van der Waals surface area contributed by atoms with Crippen molar-refractivity contribution in [3.63, 3.8) is 0 Å². The van der Waals surface area contributed by atoms with E-state index in [4.69, 9.17) is 15.2 Å². The number of halogens is 1.